The molecule has 0 saturated heterocycles. The summed E-state index contributed by atoms with van der Waals surface area (Å²) in [6.07, 6.45) is 0.894. The highest BCUT2D eigenvalue weighted by Crippen LogP contribution is 2.17. The van der Waals surface area contributed by atoms with E-state index in [4.69, 9.17) is 0 Å². The molecule has 21 heavy (non-hydrogen) atoms. The minimum absolute atomic E-state index is 0.162. The fraction of sp³-hybridized carbons (Fsp3) is 0.176. The van der Waals surface area contributed by atoms with Gasteiger partial charge in [0.1, 0.15) is 5.75 Å². The van der Waals surface area contributed by atoms with Crippen molar-refractivity contribution >= 4 is 11.6 Å². The number of carbonyl (C=O) groups is 1. The third-order valence-electron chi connectivity index (χ3n) is 3.07. The second-order valence-corrected chi connectivity index (χ2v) is 4.63. The van der Waals surface area contributed by atoms with Crippen LogP contribution in [0.1, 0.15) is 24.5 Å². The number of carbonyl (C=O) groups excluding carboxylic acids is 1. The first-order valence-corrected chi connectivity index (χ1v) is 6.88. The summed E-state index contributed by atoms with van der Waals surface area (Å²) in [4.78, 5) is 11.9. The number of benzene rings is 2. The van der Waals surface area contributed by atoms with Crippen molar-refractivity contribution in [1.29, 1.82) is 0 Å². The van der Waals surface area contributed by atoms with Crippen molar-refractivity contribution in [1.82, 2.24) is 5.43 Å². The summed E-state index contributed by atoms with van der Waals surface area (Å²) in [5.74, 6) is -0.0158. The molecule has 0 aliphatic carbocycles. The van der Waals surface area contributed by atoms with Crippen LogP contribution in [0.5, 0.6) is 5.75 Å². The number of hydrogen-bond acceptors (Lipinski definition) is 3. The molecule has 2 N–H and O–H groups in total. The van der Waals surface area contributed by atoms with E-state index in [0.29, 0.717) is 17.7 Å². The quantitative estimate of drug-likeness (QED) is 0.654. The predicted octanol–water partition coefficient (Wildman–Crippen LogP) is 2.87. The topological polar surface area (TPSA) is 61.7 Å². The lowest BCUT2D eigenvalue weighted by Crippen LogP contribution is -2.21. The SMILES string of the molecule is CCC(=NNC(=O)Cc1ccccc1)c1ccccc1O. The number of aromatic hydroxyl groups is 1. The van der Waals surface area contributed by atoms with Crippen molar-refractivity contribution in [3.63, 3.8) is 0 Å². The number of nitrogens with one attached hydrogen (secondary N) is 1. The van der Waals surface area contributed by atoms with Crippen LogP contribution in [0.25, 0.3) is 0 Å². The van der Waals surface area contributed by atoms with Crippen LogP contribution in [0.15, 0.2) is 59.7 Å². The van der Waals surface area contributed by atoms with Crippen LogP contribution < -0.4 is 5.43 Å². The van der Waals surface area contributed by atoms with Gasteiger partial charge in [0.2, 0.25) is 5.91 Å². The van der Waals surface area contributed by atoms with Gasteiger partial charge in [-0.15, -0.1) is 0 Å². The van der Waals surface area contributed by atoms with Crippen LogP contribution in [-0.4, -0.2) is 16.7 Å². The summed E-state index contributed by atoms with van der Waals surface area (Å²) in [7, 11) is 0. The summed E-state index contributed by atoms with van der Waals surface area (Å²) < 4.78 is 0. The molecule has 0 heterocycles. The van der Waals surface area contributed by atoms with Gasteiger partial charge in [-0.2, -0.15) is 5.10 Å². The first-order chi connectivity index (χ1) is 10.2. The molecular weight excluding hydrogens is 264 g/mol. The first kappa shape index (κ1) is 14.8. The van der Waals surface area contributed by atoms with E-state index in [-0.39, 0.29) is 18.1 Å². The van der Waals surface area contributed by atoms with Gasteiger partial charge in [0, 0.05) is 5.56 Å². The monoisotopic (exact) mass is 282 g/mol. The molecule has 0 radical (unpaired) electrons. The van der Waals surface area contributed by atoms with E-state index in [1.807, 2.05) is 43.3 Å². The number of amides is 1. The van der Waals surface area contributed by atoms with E-state index < -0.39 is 0 Å². The maximum atomic E-state index is 11.9. The zero-order valence-electron chi connectivity index (χ0n) is 11.9. The van der Waals surface area contributed by atoms with Crippen LogP contribution in [0, 0.1) is 0 Å². The summed E-state index contributed by atoms with van der Waals surface area (Å²) in [6, 6.07) is 16.4. The van der Waals surface area contributed by atoms with Crippen molar-refractivity contribution in [2.24, 2.45) is 5.10 Å². The van der Waals surface area contributed by atoms with Gasteiger partial charge >= 0.3 is 0 Å². The minimum atomic E-state index is -0.178. The van der Waals surface area contributed by atoms with Gasteiger partial charge in [0.25, 0.3) is 0 Å². The Labute approximate surface area is 124 Å². The Morgan fingerprint density at radius 2 is 1.76 bits per heavy atom. The number of rotatable bonds is 5. The molecule has 0 bridgehead atoms. The van der Waals surface area contributed by atoms with Gasteiger partial charge in [0.15, 0.2) is 0 Å². The zero-order valence-corrected chi connectivity index (χ0v) is 11.9. The molecule has 0 unspecified atom stereocenters. The molecule has 2 aromatic carbocycles. The Hall–Kier alpha value is -2.62. The highest BCUT2D eigenvalue weighted by atomic mass is 16.3. The summed E-state index contributed by atoms with van der Waals surface area (Å²) in [5, 5.41) is 13.9. The van der Waals surface area contributed by atoms with Crippen molar-refractivity contribution in [3.8, 4) is 5.75 Å². The van der Waals surface area contributed by atoms with Gasteiger partial charge < -0.3 is 5.11 Å². The second kappa shape index (κ2) is 7.24. The smallest absolute Gasteiger partial charge is 0.244 e. The first-order valence-electron chi connectivity index (χ1n) is 6.88. The summed E-state index contributed by atoms with van der Waals surface area (Å²) in [6.45, 7) is 1.93. The molecule has 0 aliphatic rings. The molecule has 0 saturated carbocycles. The Kier molecular flexibility index (Phi) is 5.10. The second-order valence-electron chi connectivity index (χ2n) is 4.63. The number of para-hydroxylation sites is 1. The van der Waals surface area contributed by atoms with Crippen LogP contribution in [-0.2, 0) is 11.2 Å². The lowest BCUT2D eigenvalue weighted by molar-refractivity contribution is -0.120. The Morgan fingerprint density at radius 3 is 2.43 bits per heavy atom. The maximum Gasteiger partial charge on any atom is 0.244 e. The largest absolute Gasteiger partial charge is 0.507 e. The molecule has 4 nitrogen and oxygen atoms in total. The number of phenols is 1. The Morgan fingerprint density at radius 1 is 1.10 bits per heavy atom. The number of nitrogens with zero attached hydrogens (tertiary/aromatic N) is 1. The average Bonchev–Trinajstić information content (AvgIpc) is 2.50. The average molecular weight is 282 g/mol. The standard InChI is InChI=1S/C17H18N2O2/c1-2-15(14-10-6-7-11-16(14)20)18-19-17(21)12-13-8-4-3-5-9-13/h3-11,20H,2,12H2,1H3,(H,19,21). The van der Waals surface area contributed by atoms with Crippen LogP contribution in [0.4, 0.5) is 0 Å². The van der Waals surface area contributed by atoms with E-state index in [9.17, 15) is 9.90 Å². The lowest BCUT2D eigenvalue weighted by Gasteiger charge is -2.07. The maximum absolute atomic E-state index is 11.9. The molecule has 0 aliphatic heterocycles. The number of phenolic OH excluding ortho intramolecular Hbond substituents is 1. The van der Waals surface area contributed by atoms with Crippen LogP contribution in [0.3, 0.4) is 0 Å². The van der Waals surface area contributed by atoms with Crippen molar-refractivity contribution in [3.05, 3.63) is 65.7 Å². The number of hydrazone groups is 1. The molecule has 0 aromatic heterocycles. The van der Waals surface area contributed by atoms with Crippen molar-refractivity contribution in [2.45, 2.75) is 19.8 Å². The van der Waals surface area contributed by atoms with E-state index in [2.05, 4.69) is 10.5 Å². The van der Waals surface area contributed by atoms with Gasteiger partial charge in [-0.1, -0.05) is 49.4 Å². The molecule has 2 rings (SSSR count). The summed E-state index contributed by atoms with van der Waals surface area (Å²) in [5.41, 5.74) is 4.77. The Balaban J connectivity index is 2.05. The van der Waals surface area contributed by atoms with Gasteiger partial charge in [0.05, 0.1) is 12.1 Å². The van der Waals surface area contributed by atoms with Crippen molar-refractivity contribution < 1.29 is 9.90 Å². The molecule has 4 heteroatoms. The zero-order chi connectivity index (χ0) is 15.1. The predicted molar refractivity (Wildman–Crippen MR) is 83.2 cm³/mol. The molecule has 108 valence electrons. The van der Waals surface area contributed by atoms with Crippen LogP contribution in [0.2, 0.25) is 0 Å². The minimum Gasteiger partial charge on any atom is -0.507 e. The summed E-state index contributed by atoms with van der Waals surface area (Å²) >= 11 is 0. The van der Waals surface area contributed by atoms with Gasteiger partial charge in [-0.3, -0.25) is 4.79 Å². The molecule has 0 atom stereocenters. The van der Waals surface area contributed by atoms with Crippen LogP contribution >= 0.6 is 0 Å². The molecular formula is C17H18N2O2. The van der Waals surface area contributed by atoms with Crippen molar-refractivity contribution in [2.75, 3.05) is 0 Å². The molecule has 0 spiro atoms. The third kappa shape index (κ3) is 4.18. The highest BCUT2D eigenvalue weighted by Gasteiger charge is 2.08. The molecule has 1 amide bonds. The van der Waals surface area contributed by atoms with E-state index in [1.165, 1.54) is 0 Å². The number of hydrogen-bond donors (Lipinski definition) is 2. The third-order valence-corrected chi connectivity index (χ3v) is 3.07. The lowest BCUT2D eigenvalue weighted by atomic mass is 10.1. The van der Waals surface area contributed by atoms with E-state index >= 15 is 0 Å². The Bertz CT molecular complexity index is 636. The van der Waals surface area contributed by atoms with Gasteiger partial charge in [-0.05, 0) is 24.1 Å². The highest BCUT2D eigenvalue weighted by molar-refractivity contribution is 6.03. The fourth-order valence-electron chi connectivity index (χ4n) is 2.00. The van der Waals surface area contributed by atoms with Gasteiger partial charge in [-0.25, -0.2) is 5.43 Å². The molecule has 0 fully saturated rings. The fourth-order valence-corrected chi connectivity index (χ4v) is 2.00. The molecule has 2 aromatic rings. The van der Waals surface area contributed by atoms with E-state index in [1.54, 1.807) is 18.2 Å². The van der Waals surface area contributed by atoms with E-state index in [0.717, 1.165) is 5.56 Å². The normalized spacial score (nSPS) is 11.2.